The van der Waals surface area contributed by atoms with Gasteiger partial charge in [-0.1, -0.05) is 0 Å². The Morgan fingerprint density at radius 2 is 1.60 bits per heavy atom. The van der Waals surface area contributed by atoms with Gasteiger partial charge >= 0.3 is 48.7 Å². The molecule has 1 atom stereocenters. The van der Waals surface area contributed by atoms with Gasteiger partial charge in [0.2, 0.25) is 0 Å². The van der Waals surface area contributed by atoms with Crippen LogP contribution in [0.25, 0.3) is 0 Å². The molecule has 0 aliphatic carbocycles. The fourth-order valence-electron chi connectivity index (χ4n) is 0. The zero-order valence-electron chi connectivity index (χ0n) is 4.49. The molecule has 0 aliphatic heterocycles. The molecule has 0 spiro atoms. The SMILES string of the molecule is [H-].[Li+].[S]=[Sn].[SiH3]P. The normalized spacial score (nSPS) is 2.60. The molecule has 1 unspecified atom stereocenters. The van der Waals surface area contributed by atoms with Gasteiger partial charge in [0.1, 0.15) is 0 Å². The summed E-state index contributed by atoms with van der Waals surface area (Å²) in [5.41, 5.74) is 0. The Morgan fingerprint density at radius 3 is 1.60 bits per heavy atom. The van der Waals surface area contributed by atoms with E-state index in [1.807, 2.05) is 0 Å². The Kier molecular flexibility index (Phi) is 106. The second-order valence-corrected chi connectivity index (χ2v) is 0. The van der Waals surface area contributed by atoms with Crippen molar-refractivity contribution in [2.45, 2.75) is 0 Å². The van der Waals surface area contributed by atoms with Crippen LogP contribution in [0.2, 0.25) is 0 Å². The van der Waals surface area contributed by atoms with Gasteiger partial charge in [-0.2, -0.15) is 8.79 Å². The van der Waals surface area contributed by atoms with Crippen LogP contribution in [0.5, 0.6) is 0 Å². The Balaban J connectivity index is -0.00000000500. The molecule has 0 nitrogen and oxygen atoms in total. The average Bonchev–Trinajstić information content (AvgIpc) is 1.50. The standard InChI is InChI=1S/Li.H5PSi.S.Sn.H/c;1-2;;;/h;1H2,2H3;;;/q+1;;;;-1. The van der Waals surface area contributed by atoms with Gasteiger partial charge in [0.05, 0.1) is 0 Å². The first-order chi connectivity index (χ1) is 2.00. The molecular formula is H6LiPSSiSn. The minimum atomic E-state index is 0. The Hall–Kier alpha value is 2.26. The van der Waals surface area contributed by atoms with Crippen LogP contribution in [0, 0.1) is 0 Å². The third-order valence-corrected chi connectivity index (χ3v) is 0. The molecule has 0 aromatic rings. The number of hydrogen-bond acceptors (Lipinski definition) is 1. The van der Waals surface area contributed by atoms with E-state index in [9.17, 15) is 0 Å². The van der Waals surface area contributed by atoms with E-state index in [1.54, 1.807) is 0 Å². The molecule has 0 saturated carbocycles. The van der Waals surface area contributed by atoms with Gasteiger partial charge in [-0.25, -0.2) is 0 Å². The van der Waals surface area contributed by atoms with Crippen LogP contribution >= 0.6 is 18.1 Å². The molecule has 0 aromatic heterocycles. The number of rotatable bonds is 0. The molecule has 0 fully saturated rings. The van der Waals surface area contributed by atoms with Crippen LogP contribution in [0.3, 0.4) is 0 Å². The monoisotopic (exact) mass is 224 g/mol. The molecule has 5 heteroatoms. The van der Waals surface area contributed by atoms with Crippen LogP contribution < -0.4 is 18.9 Å². The van der Waals surface area contributed by atoms with Crippen LogP contribution in [0.4, 0.5) is 0 Å². The zero-order chi connectivity index (χ0) is 4.00. The Bertz CT molecular complexity index is 15.5. The smallest absolute Gasteiger partial charge is 0.0252 e. The number of hydrogen-bond donors (Lipinski definition) is 0. The topological polar surface area (TPSA) is 0 Å². The second kappa shape index (κ2) is 33.9. The average molecular weight is 223 g/mol. The van der Waals surface area contributed by atoms with Crippen molar-refractivity contribution < 1.29 is 20.3 Å². The minimum absolute atomic E-state index is 0. The van der Waals surface area contributed by atoms with Gasteiger partial charge < -0.3 is 1.43 Å². The maximum absolute atomic E-state index is 4.17. The molecule has 0 aromatic carbocycles. The van der Waals surface area contributed by atoms with E-state index in [0.717, 1.165) is 20.6 Å². The van der Waals surface area contributed by atoms with E-state index in [4.69, 9.17) is 0 Å². The third-order valence-electron chi connectivity index (χ3n) is 0. The summed E-state index contributed by atoms with van der Waals surface area (Å²) in [6.45, 7) is 0. The summed E-state index contributed by atoms with van der Waals surface area (Å²) in [6, 6.07) is 0. The van der Waals surface area contributed by atoms with Gasteiger partial charge in [-0.15, -0.1) is 0 Å². The van der Waals surface area contributed by atoms with Gasteiger partial charge in [-0.3, -0.25) is 0 Å². The van der Waals surface area contributed by atoms with Crippen molar-refractivity contribution in [1.82, 2.24) is 0 Å². The molecule has 0 aliphatic rings. The summed E-state index contributed by atoms with van der Waals surface area (Å²) >= 11 is 1.13. The summed E-state index contributed by atoms with van der Waals surface area (Å²) in [4.78, 5) is 0. The summed E-state index contributed by atoms with van der Waals surface area (Å²) in [5.74, 6) is 0. The van der Waals surface area contributed by atoms with Crippen molar-refractivity contribution in [3.05, 3.63) is 0 Å². The molecule has 0 amide bonds. The van der Waals surface area contributed by atoms with Gasteiger partial charge in [0.25, 0.3) is 0 Å². The quantitative estimate of drug-likeness (QED) is 0.303. The first kappa shape index (κ1) is 15.7. The summed E-state index contributed by atoms with van der Waals surface area (Å²) in [6.07, 6.45) is 0. The maximum Gasteiger partial charge on any atom is 0.0252 e. The molecule has 0 bridgehead atoms. The zero-order valence-corrected chi connectivity index (χ0v) is 10.3. The van der Waals surface area contributed by atoms with Crippen molar-refractivity contribution in [2.24, 2.45) is 0 Å². The largest absolute Gasteiger partial charge is 0.159 e. The summed E-state index contributed by atoms with van der Waals surface area (Å²) < 4.78 is 0. The molecular weight excluding hydrogens is 217 g/mol. The van der Waals surface area contributed by atoms with Gasteiger partial charge in [0, 0.05) is 9.91 Å². The molecule has 0 heterocycles. The van der Waals surface area contributed by atoms with Crippen molar-refractivity contribution in [3.63, 3.8) is 0 Å². The van der Waals surface area contributed by atoms with Crippen molar-refractivity contribution in [1.29, 1.82) is 0 Å². The van der Waals surface area contributed by atoms with Gasteiger partial charge in [-0.05, 0) is 0 Å². The molecule has 0 N–H and O–H groups in total. The third kappa shape index (κ3) is 22.2. The van der Waals surface area contributed by atoms with Crippen molar-refractivity contribution in [3.8, 4) is 0 Å². The fraction of sp³-hybridized carbons (Fsp3) is 0. The Morgan fingerprint density at radius 1 is 1.60 bits per heavy atom. The van der Waals surface area contributed by atoms with E-state index >= 15 is 0 Å². The van der Waals surface area contributed by atoms with E-state index in [-0.39, 0.29) is 20.3 Å². The van der Waals surface area contributed by atoms with Crippen LogP contribution in [-0.4, -0.2) is 30.5 Å². The maximum atomic E-state index is 4.17. The van der Waals surface area contributed by atoms with Crippen molar-refractivity contribution in [2.75, 3.05) is 0 Å². The summed E-state index contributed by atoms with van der Waals surface area (Å²) in [7, 11) is 7.95. The van der Waals surface area contributed by atoms with Crippen molar-refractivity contribution >= 4 is 48.6 Å². The van der Waals surface area contributed by atoms with Gasteiger partial charge in [0.15, 0.2) is 0 Å². The predicted molar refractivity (Wildman–Crippen MR) is 34.1 cm³/mol. The predicted octanol–water partition coefficient (Wildman–Crippen LogP) is -3.47. The molecule has 0 rings (SSSR count). The van der Waals surface area contributed by atoms with E-state index in [0.29, 0.717) is 0 Å². The second-order valence-electron chi connectivity index (χ2n) is 0. The minimum Gasteiger partial charge on any atom is -0.159 e. The van der Waals surface area contributed by atoms with Crippen LogP contribution in [0.1, 0.15) is 1.43 Å². The molecule has 26 valence electrons. The molecule has 0 saturated heterocycles. The van der Waals surface area contributed by atoms with Crippen LogP contribution in [0.15, 0.2) is 0 Å². The first-order valence-corrected chi connectivity index (χ1v) is 9.30. The van der Waals surface area contributed by atoms with E-state index in [1.165, 1.54) is 9.91 Å². The first-order valence-electron chi connectivity index (χ1n) is 0.781. The molecule has 2 radical (unpaired) electrons. The van der Waals surface area contributed by atoms with Crippen LogP contribution in [-0.2, 0) is 0 Å². The molecule has 5 heavy (non-hydrogen) atoms. The van der Waals surface area contributed by atoms with E-state index < -0.39 is 0 Å². The van der Waals surface area contributed by atoms with E-state index in [2.05, 4.69) is 18.1 Å². The Labute approximate surface area is 68.2 Å². The fourth-order valence-corrected chi connectivity index (χ4v) is 0. The summed E-state index contributed by atoms with van der Waals surface area (Å²) in [5, 5.41) is 0.